The highest BCUT2D eigenvalue weighted by Gasteiger charge is 2.16. The molecule has 0 spiro atoms. The van der Waals surface area contributed by atoms with Crippen LogP contribution in [0.25, 0.3) is 16.8 Å². The number of carboxylic acids is 1. The molecule has 190 valence electrons. The fourth-order valence-corrected chi connectivity index (χ4v) is 4.67. The van der Waals surface area contributed by atoms with Crippen molar-refractivity contribution in [2.24, 2.45) is 0 Å². The second-order valence-corrected chi connectivity index (χ2v) is 9.36. The Kier molecular flexibility index (Phi) is 8.61. The molecule has 0 bridgehead atoms. The number of nitrogens with one attached hydrogen (secondary N) is 1. The highest BCUT2D eigenvalue weighted by molar-refractivity contribution is 14.1. The molecule has 2 N–H and O–H groups in total. The average Bonchev–Trinajstić information content (AvgIpc) is 2.91. The number of hydrogen-bond acceptors (Lipinski definition) is 5. The third-order valence-corrected chi connectivity index (χ3v) is 6.43. The van der Waals surface area contributed by atoms with Gasteiger partial charge in [-0.1, -0.05) is 48.5 Å². The second kappa shape index (κ2) is 12.3. The van der Waals surface area contributed by atoms with E-state index in [0.717, 1.165) is 19.9 Å². The monoisotopic (exact) mass is 618 g/mol. The number of rotatable bonds is 9. The number of nitriles is 1. The predicted molar refractivity (Wildman–Crippen MR) is 154 cm³/mol. The molecular formula is C30H23IN2O5. The van der Waals surface area contributed by atoms with Crippen LogP contribution >= 0.6 is 22.6 Å². The minimum absolute atomic E-state index is 0.0280. The van der Waals surface area contributed by atoms with Gasteiger partial charge in [-0.25, -0.2) is 4.79 Å². The average molecular weight is 618 g/mol. The number of amides is 1. The number of carbonyl (C=O) groups is 2. The number of benzene rings is 4. The molecule has 38 heavy (non-hydrogen) atoms. The minimum atomic E-state index is -1.11. The predicted octanol–water partition coefficient (Wildman–Crippen LogP) is 6.67. The van der Waals surface area contributed by atoms with E-state index in [-0.39, 0.29) is 16.8 Å². The van der Waals surface area contributed by atoms with E-state index in [4.69, 9.17) is 14.6 Å². The number of anilines is 1. The van der Waals surface area contributed by atoms with E-state index in [1.54, 1.807) is 18.2 Å². The maximum absolute atomic E-state index is 12.8. The normalized spacial score (nSPS) is 11.0. The van der Waals surface area contributed by atoms with Crippen LogP contribution in [0.5, 0.6) is 11.5 Å². The van der Waals surface area contributed by atoms with Gasteiger partial charge in [-0.15, -0.1) is 0 Å². The van der Waals surface area contributed by atoms with Crippen molar-refractivity contribution >= 4 is 57.0 Å². The molecule has 0 aromatic heterocycles. The Balaban J connectivity index is 1.58. The summed E-state index contributed by atoms with van der Waals surface area (Å²) in [5, 5.41) is 23.6. The molecule has 0 atom stereocenters. The molecule has 0 heterocycles. The van der Waals surface area contributed by atoms with Crippen LogP contribution in [0.1, 0.15) is 28.4 Å². The summed E-state index contributed by atoms with van der Waals surface area (Å²) in [6.45, 7) is 2.61. The Labute approximate surface area is 233 Å². The van der Waals surface area contributed by atoms with Crippen molar-refractivity contribution in [1.82, 2.24) is 0 Å². The first-order valence-corrected chi connectivity index (χ1v) is 12.8. The van der Waals surface area contributed by atoms with Gasteiger partial charge in [0.25, 0.3) is 5.91 Å². The van der Waals surface area contributed by atoms with Crippen LogP contribution in [-0.2, 0) is 11.4 Å². The van der Waals surface area contributed by atoms with E-state index < -0.39 is 11.9 Å². The lowest BCUT2D eigenvalue weighted by molar-refractivity contribution is -0.112. The van der Waals surface area contributed by atoms with E-state index in [1.807, 2.05) is 37.3 Å². The number of ether oxygens (including phenoxy) is 2. The van der Waals surface area contributed by atoms with Gasteiger partial charge in [0.1, 0.15) is 18.2 Å². The Hall–Kier alpha value is -4.36. The third kappa shape index (κ3) is 6.30. The number of fused-ring (bicyclic) bond motifs is 1. The molecule has 8 heteroatoms. The van der Waals surface area contributed by atoms with Gasteiger partial charge in [-0.3, -0.25) is 4.79 Å². The van der Waals surface area contributed by atoms with Crippen molar-refractivity contribution in [2.75, 3.05) is 11.9 Å². The zero-order valence-corrected chi connectivity index (χ0v) is 22.6. The van der Waals surface area contributed by atoms with Crippen LogP contribution in [0.2, 0.25) is 0 Å². The van der Waals surface area contributed by atoms with Gasteiger partial charge in [-0.2, -0.15) is 5.26 Å². The minimum Gasteiger partial charge on any atom is -0.490 e. The van der Waals surface area contributed by atoms with Crippen molar-refractivity contribution in [3.63, 3.8) is 0 Å². The van der Waals surface area contributed by atoms with Gasteiger partial charge in [0.05, 0.1) is 15.7 Å². The van der Waals surface area contributed by atoms with Gasteiger partial charge in [0, 0.05) is 5.69 Å². The number of carbonyl (C=O) groups excluding carboxylic acids is 1. The lowest BCUT2D eigenvalue weighted by Crippen LogP contribution is -2.14. The first-order valence-electron chi connectivity index (χ1n) is 11.7. The molecule has 0 aliphatic carbocycles. The van der Waals surface area contributed by atoms with Crippen LogP contribution in [-0.4, -0.2) is 23.6 Å². The van der Waals surface area contributed by atoms with Crippen LogP contribution in [0, 0.1) is 14.9 Å². The van der Waals surface area contributed by atoms with Gasteiger partial charge in [0.15, 0.2) is 11.5 Å². The Morgan fingerprint density at radius 2 is 1.79 bits per heavy atom. The number of halogens is 1. The third-order valence-electron chi connectivity index (χ3n) is 5.63. The lowest BCUT2D eigenvalue weighted by atomic mass is 10.1. The van der Waals surface area contributed by atoms with Crippen LogP contribution < -0.4 is 14.8 Å². The second-order valence-electron chi connectivity index (χ2n) is 8.20. The molecule has 4 aromatic rings. The van der Waals surface area contributed by atoms with Crippen molar-refractivity contribution in [3.05, 3.63) is 105 Å². The summed E-state index contributed by atoms with van der Waals surface area (Å²) >= 11 is 2.14. The number of nitrogens with zero attached hydrogens (tertiary/aromatic N) is 1. The lowest BCUT2D eigenvalue weighted by Gasteiger charge is -2.16. The summed E-state index contributed by atoms with van der Waals surface area (Å²) in [7, 11) is 0. The number of aromatic carboxylic acids is 1. The Morgan fingerprint density at radius 3 is 2.55 bits per heavy atom. The van der Waals surface area contributed by atoms with Crippen molar-refractivity contribution in [3.8, 4) is 17.6 Å². The molecule has 0 unspecified atom stereocenters. The van der Waals surface area contributed by atoms with Gasteiger partial charge in [0.2, 0.25) is 0 Å². The molecule has 7 nitrogen and oxygen atoms in total. The SMILES string of the molecule is CCOc1cc(C=C(C#N)C(=O)Nc2cccc(C(=O)O)c2)cc(I)c1OCc1cccc2ccccc12. The van der Waals surface area contributed by atoms with Crippen LogP contribution in [0.4, 0.5) is 5.69 Å². The zero-order chi connectivity index (χ0) is 27.1. The van der Waals surface area contributed by atoms with Crippen molar-refractivity contribution in [1.29, 1.82) is 5.26 Å². The largest absolute Gasteiger partial charge is 0.490 e. The molecule has 0 saturated carbocycles. The highest BCUT2D eigenvalue weighted by Crippen LogP contribution is 2.36. The fourth-order valence-electron chi connectivity index (χ4n) is 3.89. The molecule has 0 aliphatic rings. The topological polar surface area (TPSA) is 109 Å². The number of hydrogen-bond donors (Lipinski definition) is 2. The van der Waals surface area contributed by atoms with Crippen molar-refractivity contribution < 1.29 is 24.2 Å². The summed E-state index contributed by atoms with van der Waals surface area (Å²) in [5.41, 5.74) is 1.79. The molecule has 0 fully saturated rings. The standard InChI is InChI=1S/C30H23IN2O5/c1-2-37-27-15-19(13-23(17-32)29(34)33-24-11-6-9-21(16-24)30(35)36)14-26(31)28(27)38-18-22-10-5-8-20-7-3-4-12-25(20)22/h3-16H,2,18H2,1H3,(H,33,34)(H,35,36). The quantitative estimate of drug-likeness (QED) is 0.123. The summed E-state index contributed by atoms with van der Waals surface area (Å²) in [6, 6.07) is 25.4. The van der Waals surface area contributed by atoms with Crippen LogP contribution in [0.3, 0.4) is 0 Å². The zero-order valence-electron chi connectivity index (χ0n) is 20.4. The van der Waals surface area contributed by atoms with E-state index in [9.17, 15) is 14.9 Å². The summed E-state index contributed by atoms with van der Waals surface area (Å²) in [6.07, 6.45) is 1.45. The van der Waals surface area contributed by atoms with Gasteiger partial charge in [-0.05, 0) is 87.8 Å². The maximum atomic E-state index is 12.8. The molecule has 0 saturated heterocycles. The Morgan fingerprint density at radius 1 is 1.03 bits per heavy atom. The first kappa shape index (κ1) is 26.7. The van der Waals surface area contributed by atoms with E-state index >= 15 is 0 Å². The molecule has 4 rings (SSSR count). The molecule has 0 aliphatic heterocycles. The van der Waals surface area contributed by atoms with E-state index in [2.05, 4.69) is 46.1 Å². The highest BCUT2D eigenvalue weighted by atomic mass is 127. The molecule has 0 radical (unpaired) electrons. The smallest absolute Gasteiger partial charge is 0.335 e. The van der Waals surface area contributed by atoms with Gasteiger partial charge >= 0.3 is 5.97 Å². The maximum Gasteiger partial charge on any atom is 0.335 e. The molecule has 1 amide bonds. The van der Waals surface area contributed by atoms with Crippen molar-refractivity contribution in [2.45, 2.75) is 13.5 Å². The fraction of sp³-hybridized carbons (Fsp3) is 0.100. The molecule has 4 aromatic carbocycles. The summed E-state index contributed by atoms with van der Waals surface area (Å²) < 4.78 is 12.8. The van der Waals surface area contributed by atoms with Crippen LogP contribution in [0.15, 0.2) is 84.4 Å². The summed E-state index contributed by atoms with van der Waals surface area (Å²) in [4.78, 5) is 24.0. The van der Waals surface area contributed by atoms with E-state index in [0.29, 0.717) is 30.3 Å². The molecular weight excluding hydrogens is 595 g/mol. The number of carboxylic acid groups (broad SMARTS) is 1. The summed E-state index contributed by atoms with van der Waals surface area (Å²) in [5.74, 6) is -0.694. The van der Waals surface area contributed by atoms with Gasteiger partial charge < -0.3 is 19.9 Å². The first-order chi connectivity index (χ1) is 18.4. The van der Waals surface area contributed by atoms with E-state index in [1.165, 1.54) is 24.3 Å². The Bertz CT molecular complexity index is 1580.